The number of aryl methyl sites for hydroxylation is 1. The minimum Gasteiger partial charge on any atom is -0.495 e. The van der Waals surface area contributed by atoms with Gasteiger partial charge < -0.3 is 10.1 Å². The van der Waals surface area contributed by atoms with E-state index >= 15 is 0 Å². The summed E-state index contributed by atoms with van der Waals surface area (Å²) in [5.74, 6) is 0.788. The summed E-state index contributed by atoms with van der Waals surface area (Å²) in [6.07, 6.45) is 4.76. The first-order valence-corrected chi connectivity index (χ1v) is 7.04. The Hall–Kier alpha value is -1.87. The molecule has 0 aliphatic rings. The number of hydrogen-bond acceptors (Lipinski definition) is 3. The van der Waals surface area contributed by atoms with E-state index in [1.165, 1.54) is 16.7 Å². The number of nitrogens with one attached hydrogen (secondary N) is 1. The third-order valence-corrected chi connectivity index (χ3v) is 3.27. The number of methoxy groups -OCH3 is 1. The van der Waals surface area contributed by atoms with E-state index in [4.69, 9.17) is 4.74 Å². The van der Waals surface area contributed by atoms with Gasteiger partial charge in [-0.25, -0.2) is 0 Å². The second-order valence-corrected chi connectivity index (χ2v) is 4.95. The van der Waals surface area contributed by atoms with Gasteiger partial charge in [0, 0.05) is 18.3 Å². The third kappa shape index (κ3) is 3.58. The quantitative estimate of drug-likeness (QED) is 0.815. The molecule has 0 atom stereocenters. The average Bonchev–Trinajstić information content (AvgIpc) is 2.49. The summed E-state index contributed by atoms with van der Waals surface area (Å²) in [5.41, 5.74) is 4.86. The highest BCUT2D eigenvalue weighted by atomic mass is 16.5. The van der Waals surface area contributed by atoms with Crippen molar-refractivity contribution in [2.24, 2.45) is 0 Å². The van der Waals surface area contributed by atoms with Crippen molar-refractivity contribution in [3.8, 4) is 16.9 Å². The Kier molecular flexibility index (Phi) is 5.13. The lowest BCUT2D eigenvalue weighted by Gasteiger charge is -2.12. The lowest BCUT2D eigenvalue weighted by Crippen LogP contribution is -2.14. The van der Waals surface area contributed by atoms with Gasteiger partial charge in [-0.05, 0) is 37.1 Å². The molecule has 0 saturated carbocycles. The van der Waals surface area contributed by atoms with Crippen LogP contribution in [-0.2, 0) is 6.54 Å². The second kappa shape index (κ2) is 7.06. The molecule has 0 fully saturated rings. The van der Waals surface area contributed by atoms with Crippen LogP contribution in [0.1, 0.15) is 24.5 Å². The molecule has 1 aromatic carbocycles. The maximum absolute atomic E-state index is 5.27. The van der Waals surface area contributed by atoms with Crippen LogP contribution in [0.5, 0.6) is 5.75 Å². The summed E-state index contributed by atoms with van der Waals surface area (Å²) in [6.45, 7) is 6.19. The Morgan fingerprint density at radius 3 is 2.80 bits per heavy atom. The molecule has 0 unspecified atom stereocenters. The predicted octanol–water partition coefficient (Wildman–Crippen LogP) is 3.57. The molecule has 0 bridgehead atoms. The summed E-state index contributed by atoms with van der Waals surface area (Å²) >= 11 is 0. The summed E-state index contributed by atoms with van der Waals surface area (Å²) in [5, 5.41) is 3.46. The number of benzene rings is 1. The first-order chi connectivity index (χ1) is 9.74. The zero-order valence-corrected chi connectivity index (χ0v) is 12.4. The van der Waals surface area contributed by atoms with Crippen molar-refractivity contribution in [2.45, 2.75) is 26.8 Å². The van der Waals surface area contributed by atoms with E-state index in [1.807, 2.05) is 12.3 Å². The van der Waals surface area contributed by atoms with E-state index in [9.17, 15) is 0 Å². The van der Waals surface area contributed by atoms with Gasteiger partial charge in [-0.3, -0.25) is 4.98 Å². The minimum absolute atomic E-state index is 0.788. The normalized spacial score (nSPS) is 10.6. The standard InChI is InChI=1S/C17H22N2O/c1-4-7-18-10-14-6-5-13(2)8-17(14)15-9-16(20-3)12-19-11-15/h5-6,8-9,11-12,18H,4,7,10H2,1-3H3. The van der Waals surface area contributed by atoms with Crippen molar-refractivity contribution < 1.29 is 4.74 Å². The van der Waals surface area contributed by atoms with E-state index < -0.39 is 0 Å². The van der Waals surface area contributed by atoms with Crippen LogP contribution in [-0.4, -0.2) is 18.6 Å². The Morgan fingerprint density at radius 1 is 1.20 bits per heavy atom. The van der Waals surface area contributed by atoms with Gasteiger partial charge in [0.2, 0.25) is 0 Å². The molecule has 3 nitrogen and oxygen atoms in total. The van der Waals surface area contributed by atoms with Gasteiger partial charge >= 0.3 is 0 Å². The Labute approximate surface area is 121 Å². The fourth-order valence-corrected chi connectivity index (χ4v) is 2.19. The SMILES string of the molecule is CCCNCc1ccc(C)cc1-c1cncc(OC)c1. The maximum Gasteiger partial charge on any atom is 0.137 e. The molecule has 3 heteroatoms. The van der Waals surface area contributed by atoms with Crippen molar-refractivity contribution in [3.63, 3.8) is 0 Å². The van der Waals surface area contributed by atoms with Gasteiger partial charge in [0.15, 0.2) is 0 Å². The van der Waals surface area contributed by atoms with Gasteiger partial charge in [0.25, 0.3) is 0 Å². The highest BCUT2D eigenvalue weighted by Gasteiger charge is 2.07. The van der Waals surface area contributed by atoms with Crippen LogP contribution in [0.25, 0.3) is 11.1 Å². The van der Waals surface area contributed by atoms with Crippen LogP contribution in [0.3, 0.4) is 0 Å². The highest BCUT2D eigenvalue weighted by molar-refractivity contribution is 5.68. The summed E-state index contributed by atoms with van der Waals surface area (Å²) in [4.78, 5) is 4.25. The summed E-state index contributed by atoms with van der Waals surface area (Å²) < 4.78 is 5.27. The van der Waals surface area contributed by atoms with Crippen molar-refractivity contribution in [3.05, 3.63) is 47.8 Å². The number of hydrogen-bond donors (Lipinski definition) is 1. The first kappa shape index (κ1) is 14.5. The van der Waals surface area contributed by atoms with Gasteiger partial charge in [-0.15, -0.1) is 0 Å². The van der Waals surface area contributed by atoms with E-state index in [0.29, 0.717) is 0 Å². The highest BCUT2D eigenvalue weighted by Crippen LogP contribution is 2.27. The van der Waals surface area contributed by atoms with Crippen LogP contribution >= 0.6 is 0 Å². The molecule has 0 spiro atoms. The summed E-state index contributed by atoms with van der Waals surface area (Å²) in [6, 6.07) is 8.58. The molecular weight excluding hydrogens is 248 g/mol. The third-order valence-electron chi connectivity index (χ3n) is 3.27. The number of ether oxygens (including phenoxy) is 1. The molecule has 20 heavy (non-hydrogen) atoms. The average molecular weight is 270 g/mol. The van der Waals surface area contributed by atoms with E-state index in [1.54, 1.807) is 13.3 Å². The van der Waals surface area contributed by atoms with E-state index in [2.05, 4.69) is 42.3 Å². The molecule has 1 heterocycles. The molecule has 1 N–H and O–H groups in total. The Morgan fingerprint density at radius 2 is 2.05 bits per heavy atom. The molecular formula is C17H22N2O. The molecule has 1 aromatic heterocycles. The topological polar surface area (TPSA) is 34.2 Å². The van der Waals surface area contributed by atoms with Gasteiger partial charge in [-0.1, -0.05) is 30.7 Å². The zero-order chi connectivity index (χ0) is 14.4. The lowest BCUT2D eigenvalue weighted by molar-refractivity contribution is 0.413. The molecule has 0 radical (unpaired) electrons. The number of rotatable bonds is 6. The van der Waals surface area contributed by atoms with Gasteiger partial charge in [-0.2, -0.15) is 0 Å². The van der Waals surface area contributed by atoms with Gasteiger partial charge in [0.05, 0.1) is 13.3 Å². The number of pyridine rings is 1. The molecule has 0 aliphatic heterocycles. The molecule has 0 aliphatic carbocycles. The Balaban J connectivity index is 2.34. The van der Waals surface area contributed by atoms with E-state index in [-0.39, 0.29) is 0 Å². The first-order valence-electron chi connectivity index (χ1n) is 7.04. The molecule has 0 amide bonds. The lowest BCUT2D eigenvalue weighted by atomic mass is 9.98. The van der Waals surface area contributed by atoms with Crippen LogP contribution in [0, 0.1) is 6.92 Å². The smallest absolute Gasteiger partial charge is 0.137 e. The monoisotopic (exact) mass is 270 g/mol. The number of nitrogens with zero attached hydrogens (tertiary/aromatic N) is 1. The molecule has 2 aromatic rings. The Bertz CT molecular complexity index is 567. The van der Waals surface area contributed by atoms with Crippen molar-refractivity contribution in [1.29, 1.82) is 0 Å². The predicted molar refractivity (Wildman–Crippen MR) is 83.0 cm³/mol. The minimum atomic E-state index is 0.788. The van der Waals surface area contributed by atoms with Crippen LogP contribution in [0.4, 0.5) is 0 Å². The molecule has 2 rings (SSSR count). The van der Waals surface area contributed by atoms with Crippen LogP contribution in [0.15, 0.2) is 36.7 Å². The zero-order valence-electron chi connectivity index (χ0n) is 12.4. The van der Waals surface area contributed by atoms with E-state index in [0.717, 1.165) is 30.8 Å². The van der Waals surface area contributed by atoms with Crippen LogP contribution in [0.2, 0.25) is 0 Å². The van der Waals surface area contributed by atoms with Crippen molar-refractivity contribution in [2.75, 3.05) is 13.7 Å². The van der Waals surface area contributed by atoms with Crippen molar-refractivity contribution in [1.82, 2.24) is 10.3 Å². The molecule has 106 valence electrons. The second-order valence-electron chi connectivity index (χ2n) is 4.95. The number of aromatic nitrogens is 1. The fraction of sp³-hybridized carbons (Fsp3) is 0.353. The summed E-state index contributed by atoms with van der Waals surface area (Å²) in [7, 11) is 1.67. The van der Waals surface area contributed by atoms with Crippen molar-refractivity contribution >= 4 is 0 Å². The van der Waals surface area contributed by atoms with Crippen LogP contribution < -0.4 is 10.1 Å². The fourth-order valence-electron chi connectivity index (χ4n) is 2.19. The maximum atomic E-state index is 5.27. The van der Waals surface area contributed by atoms with Gasteiger partial charge in [0.1, 0.15) is 5.75 Å². The molecule has 0 saturated heterocycles. The largest absolute Gasteiger partial charge is 0.495 e.